The van der Waals surface area contributed by atoms with Gasteiger partial charge in [-0.15, -0.1) is 10.2 Å². The number of benzene rings is 1. The molecule has 134 valence electrons. The third-order valence-electron chi connectivity index (χ3n) is 5.23. The van der Waals surface area contributed by atoms with E-state index < -0.39 is 17.7 Å². The number of aliphatic hydroxyl groups is 1. The zero-order valence-electron chi connectivity index (χ0n) is 14.0. The van der Waals surface area contributed by atoms with Crippen LogP contribution >= 0.6 is 0 Å². The minimum atomic E-state index is -0.556. The van der Waals surface area contributed by atoms with Crippen LogP contribution in [-0.2, 0) is 19.5 Å². The molecule has 0 bridgehead atoms. The fraction of sp³-hybridized carbons (Fsp3) is 0.556. The Morgan fingerprint density at radius 1 is 1.16 bits per heavy atom. The van der Waals surface area contributed by atoms with Gasteiger partial charge < -0.3 is 9.67 Å². The maximum absolute atomic E-state index is 14.2. The Hall–Kier alpha value is -1.86. The Labute approximate surface area is 145 Å². The van der Waals surface area contributed by atoms with Gasteiger partial charge in [0.1, 0.15) is 23.3 Å². The molecule has 1 saturated heterocycles. The molecule has 2 atom stereocenters. The lowest BCUT2D eigenvalue weighted by molar-refractivity contribution is 0.170. The van der Waals surface area contributed by atoms with Gasteiger partial charge in [-0.1, -0.05) is 6.42 Å². The quantitative estimate of drug-likeness (QED) is 0.926. The zero-order valence-corrected chi connectivity index (χ0v) is 14.0. The highest BCUT2D eigenvalue weighted by Crippen LogP contribution is 2.35. The number of rotatable bonds is 3. The van der Waals surface area contributed by atoms with Crippen LogP contribution < -0.4 is 0 Å². The highest BCUT2D eigenvalue weighted by atomic mass is 19.1. The van der Waals surface area contributed by atoms with E-state index in [2.05, 4.69) is 14.8 Å². The van der Waals surface area contributed by atoms with Gasteiger partial charge in [0.2, 0.25) is 0 Å². The molecule has 2 aliphatic rings. The second kappa shape index (κ2) is 6.80. The van der Waals surface area contributed by atoms with Crippen molar-refractivity contribution < 1.29 is 13.9 Å². The largest absolute Gasteiger partial charge is 0.392 e. The molecule has 1 aromatic carbocycles. The van der Waals surface area contributed by atoms with Crippen LogP contribution in [0.5, 0.6) is 0 Å². The van der Waals surface area contributed by atoms with Crippen LogP contribution in [0.15, 0.2) is 18.2 Å². The van der Waals surface area contributed by atoms with Gasteiger partial charge in [0.05, 0.1) is 12.6 Å². The summed E-state index contributed by atoms with van der Waals surface area (Å²) in [5, 5.41) is 18.7. The predicted molar refractivity (Wildman–Crippen MR) is 87.7 cm³/mol. The van der Waals surface area contributed by atoms with Gasteiger partial charge in [0.25, 0.3) is 0 Å². The summed E-state index contributed by atoms with van der Waals surface area (Å²) in [6.45, 7) is 1.79. The van der Waals surface area contributed by atoms with Crippen LogP contribution in [0.3, 0.4) is 0 Å². The molecule has 1 fully saturated rings. The molecule has 5 nitrogen and oxygen atoms in total. The van der Waals surface area contributed by atoms with Gasteiger partial charge in [-0.25, -0.2) is 8.78 Å². The molecule has 1 N–H and O–H groups in total. The van der Waals surface area contributed by atoms with Crippen LogP contribution in [-0.4, -0.2) is 37.4 Å². The average Bonchev–Trinajstić information content (AvgIpc) is 3.04. The van der Waals surface area contributed by atoms with Gasteiger partial charge in [-0.2, -0.15) is 0 Å². The average molecular weight is 348 g/mol. The topological polar surface area (TPSA) is 54.2 Å². The highest BCUT2D eigenvalue weighted by Gasteiger charge is 2.35. The summed E-state index contributed by atoms with van der Waals surface area (Å²) < 4.78 is 30.0. The summed E-state index contributed by atoms with van der Waals surface area (Å²) in [6, 6.07) is 3.14. The Kier molecular flexibility index (Phi) is 4.52. The van der Waals surface area contributed by atoms with Crippen molar-refractivity contribution in [1.82, 2.24) is 19.7 Å². The Balaban J connectivity index is 1.61. The fourth-order valence-electron chi connectivity index (χ4n) is 3.99. The van der Waals surface area contributed by atoms with E-state index in [0.717, 1.165) is 49.6 Å². The highest BCUT2D eigenvalue weighted by molar-refractivity contribution is 5.24. The van der Waals surface area contributed by atoms with Crippen molar-refractivity contribution in [3.63, 3.8) is 0 Å². The van der Waals surface area contributed by atoms with E-state index >= 15 is 0 Å². The van der Waals surface area contributed by atoms with Gasteiger partial charge in [0, 0.05) is 31.1 Å². The molecule has 25 heavy (non-hydrogen) atoms. The lowest BCUT2D eigenvalue weighted by atomic mass is 10.0. The van der Waals surface area contributed by atoms with Crippen LogP contribution in [0, 0.1) is 11.6 Å². The first-order valence-electron chi connectivity index (χ1n) is 8.90. The molecular weight excluding hydrogens is 326 g/mol. The first-order chi connectivity index (χ1) is 12.1. The second-order valence-electron chi connectivity index (χ2n) is 7.00. The number of aliphatic hydroxyl groups excluding tert-OH is 1. The molecule has 4 rings (SSSR count). The molecular formula is C18H22F2N4O. The number of β-amino-alcohol motifs (C(OH)–C–C–N with tert-alkyl or cyclic N) is 1. The molecule has 3 heterocycles. The van der Waals surface area contributed by atoms with E-state index in [-0.39, 0.29) is 6.04 Å². The number of likely N-dealkylation sites (tertiary alicyclic amines) is 1. The van der Waals surface area contributed by atoms with E-state index in [0.29, 0.717) is 25.1 Å². The minimum Gasteiger partial charge on any atom is -0.392 e. The molecule has 0 spiro atoms. The monoisotopic (exact) mass is 348 g/mol. The Morgan fingerprint density at radius 2 is 2.04 bits per heavy atom. The van der Waals surface area contributed by atoms with Crippen molar-refractivity contribution in [2.45, 2.75) is 57.3 Å². The minimum absolute atomic E-state index is 0.298. The van der Waals surface area contributed by atoms with Crippen molar-refractivity contribution in [2.24, 2.45) is 0 Å². The van der Waals surface area contributed by atoms with Gasteiger partial charge in [0.15, 0.2) is 0 Å². The molecule has 1 aromatic heterocycles. The zero-order chi connectivity index (χ0) is 17.4. The molecule has 0 radical (unpaired) electrons. The lowest BCUT2D eigenvalue weighted by Gasteiger charge is -2.24. The number of hydrogen-bond acceptors (Lipinski definition) is 4. The summed E-state index contributed by atoms with van der Waals surface area (Å²) in [5.74, 6) is 0.938. The third kappa shape index (κ3) is 3.30. The summed E-state index contributed by atoms with van der Waals surface area (Å²) in [5.41, 5.74) is 0.298. The molecule has 7 heteroatoms. The van der Waals surface area contributed by atoms with E-state index in [1.165, 1.54) is 12.5 Å². The molecule has 0 unspecified atom stereocenters. The van der Waals surface area contributed by atoms with E-state index in [1.807, 2.05) is 4.90 Å². The molecule has 2 aromatic rings. The normalized spacial score (nSPS) is 24.3. The molecule has 0 saturated carbocycles. The van der Waals surface area contributed by atoms with E-state index in [1.54, 1.807) is 0 Å². The second-order valence-corrected chi connectivity index (χ2v) is 7.00. The van der Waals surface area contributed by atoms with E-state index in [9.17, 15) is 13.9 Å². The van der Waals surface area contributed by atoms with Crippen molar-refractivity contribution >= 4 is 0 Å². The first-order valence-corrected chi connectivity index (χ1v) is 8.90. The Morgan fingerprint density at radius 3 is 2.92 bits per heavy atom. The summed E-state index contributed by atoms with van der Waals surface area (Å²) in [6.07, 6.45) is 4.17. The number of hydrogen-bond donors (Lipinski definition) is 1. The number of halogens is 2. The lowest BCUT2D eigenvalue weighted by Crippen LogP contribution is -2.27. The van der Waals surface area contributed by atoms with Gasteiger partial charge >= 0.3 is 0 Å². The summed E-state index contributed by atoms with van der Waals surface area (Å²) in [4.78, 5) is 1.98. The van der Waals surface area contributed by atoms with Crippen molar-refractivity contribution in [3.8, 4) is 0 Å². The van der Waals surface area contributed by atoms with Crippen molar-refractivity contribution in [1.29, 1.82) is 0 Å². The van der Waals surface area contributed by atoms with Crippen LogP contribution in [0.25, 0.3) is 0 Å². The molecule has 0 amide bonds. The summed E-state index contributed by atoms with van der Waals surface area (Å²) >= 11 is 0. The number of nitrogens with zero attached hydrogens (tertiary/aromatic N) is 4. The smallest absolute Gasteiger partial charge is 0.147 e. The van der Waals surface area contributed by atoms with Crippen molar-refractivity contribution in [3.05, 3.63) is 47.0 Å². The van der Waals surface area contributed by atoms with Gasteiger partial charge in [-0.3, -0.25) is 4.90 Å². The third-order valence-corrected chi connectivity index (χ3v) is 5.23. The van der Waals surface area contributed by atoms with E-state index in [4.69, 9.17) is 0 Å². The summed E-state index contributed by atoms with van der Waals surface area (Å²) in [7, 11) is 0. The first kappa shape index (κ1) is 16.6. The molecule has 2 aliphatic heterocycles. The Bertz CT molecular complexity index is 764. The van der Waals surface area contributed by atoms with Crippen LogP contribution in [0.1, 0.15) is 48.9 Å². The maximum Gasteiger partial charge on any atom is 0.147 e. The standard InChI is InChI=1S/C18H22F2N4O/c19-12-5-6-15(20)14(8-12)16-9-13(25)10-23(16)11-18-22-21-17-4-2-1-3-7-24(17)18/h5-6,8,13,16,25H,1-4,7,9-11H2/t13-,16-/m1/s1. The number of aryl methyl sites for hydroxylation is 1. The van der Waals surface area contributed by atoms with Crippen molar-refractivity contribution in [2.75, 3.05) is 6.54 Å². The van der Waals surface area contributed by atoms with Gasteiger partial charge in [-0.05, 0) is 37.5 Å². The number of fused-ring (bicyclic) bond motifs is 1. The SMILES string of the molecule is O[C@@H]1C[C@H](c2cc(F)ccc2F)N(Cc2nnc3n2CCCCC3)C1. The predicted octanol–water partition coefficient (Wildman–Crippen LogP) is 2.59. The van der Waals surface area contributed by atoms with Crippen LogP contribution in [0.4, 0.5) is 8.78 Å². The van der Waals surface area contributed by atoms with Crippen LogP contribution in [0.2, 0.25) is 0 Å². The molecule has 0 aliphatic carbocycles. The maximum atomic E-state index is 14.2. The number of aromatic nitrogens is 3. The fourth-order valence-corrected chi connectivity index (χ4v) is 3.99.